The zero-order valence-corrected chi connectivity index (χ0v) is 7.85. The summed E-state index contributed by atoms with van der Waals surface area (Å²) in [5.74, 6) is 0.738. The van der Waals surface area contributed by atoms with Gasteiger partial charge in [0.15, 0.2) is 0 Å². The van der Waals surface area contributed by atoms with Crippen molar-refractivity contribution in [1.29, 1.82) is 0 Å². The molecule has 9 heavy (non-hydrogen) atoms. The first-order chi connectivity index (χ1) is 4.09. The molecule has 0 saturated heterocycles. The van der Waals surface area contributed by atoms with Gasteiger partial charge >= 0.3 is 0 Å². The number of halogens is 1. The van der Waals surface area contributed by atoms with Gasteiger partial charge in [-0.3, -0.25) is 0 Å². The van der Waals surface area contributed by atoms with Crippen molar-refractivity contribution in [3.05, 3.63) is 0 Å². The average molecular weight is 195 g/mol. The Balaban J connectivity index is 3.58. The summed E-state index contributed by atoms with van der Waals surface area (Å²) in [5, 5.41) is 10.2. The summed E-state index contributed by atoms with van der Waals surface area (Å²) < 4.78 is 0. The molecular weight excluding hydrogens is 180 g/mol. The largest absolute Gasteiger partial charge is 0.393 e. The molecule has 1 nitrogen and oxygen atoms in total. The van der Waals surface area contributed by atoms with E-state index in [1.54, 1.807) is 0 Å². The summed E-state index contributed by atoms with van der Waals surface area (Å²) >= 11 is 3.32. The molecule has 0 aliphatic heterocycles. The Morgan fingerprint density at radius 2 is 1.78 bits per heavy atom. The van der Waals surface area contributed by atoms with E-state index in [0.29, 0.717) is 11.8 Å². The van der Waals surface area contributed by atoms with Gasteiger partial charge in [-0.05, 0) is 11.8 Å². The first-order valence-corrected chi connectivity index (χ1v) is 4.45. The van der Waals surface area contributed by atoms with E-state index in [-0.39, 0.29) is 6.10 Å². The minimum Gasteiger partial charge on any atom is -0.393 e. The molecule has 0 aliphatic rings. The maximum atomic E-state index is 9.36. The minimum atomic E-state index is -0.163. The van der Waals surface area contributed by atoms with Crippen LogP contribution in [0.5, 0.6) is 0 Å². The molecule has 0 rings (SSSR count). The van der Waals surface area contributed by atoms with Gasteiger partial charge in [0.1, 0.15) is 0 Å². The summed E-state index contributed by atoms with van der Waals surface area (Å²) in [6.45, 7) is 6.10. The normalized spacial score (nSPS) is 18.0. The van der Waals surface area contributed by atoms with E-state index in [1.807, 2.05) is 20.8 Å². The van der Waals surface area contributed by atoms with Crippen molar-refractivity contribution >= 4 is 15.9 Å². The van der Waals surface area contributed by atoms with Crippen LogP contribution in [0.2, 0.25) is 0 Å². The SMILES string of the molecule is CC(C)[C@@H](O)[C@@H](C)CBr. The Bertz CT molecular complexity index is 73.3. The average Bonchev–Trinajstić information content (AvgIpc) is 1.84. The lowest BCUT2D eigenvalue weighted by Crippen LogP contribution is -2.24. The zero-order valence-electron chi connectivity index (χ0n) is 6.26. The van der Waals surface area contributed by atoms with Gasteiger partial charge in [-0.15, -0.1) is 0 Å². The van der Waals surface area contributed by atoms with Crippen molar-refractivity contribution in [3.63, 3.8) is 0 Å². The minimum absolute atomic E-state index is 0.163. The van der Waals surface area contributed by atoms with Crippen LogP contribution in [0.4, 0.5) is 0 Å². The molecule has 0 heterocycles. The van der Waals surface area contributed by atoms with Crippen LogP contribution >= 0.6 is 15.9 Å². The Kier molecular flexibility index (Phi) is 4.50. The lowest BCUT2D eigenvalue weighted by Gasteiger charge is -2.19. The Morgan fingerprint density at radius 3 is 1.89 bits per heavy atom. The van der Waals surface area contributed by atoms with Gasteiger partial charge in [0.05, 0.1) is 6.10 Å². The standard InChI is InChI=1S/C7H15BrO/c1-5(2)7(9)6(3)4-8/h5-7,9H,4H2,1-3H3/t6-,7+/m0/s1. The number of rotatable bonds is 3. The maximum absolute atomic E-state index is 9.36. The highest BCUT2D eigenvalue weighted by molar-refractivity contribution is 9.09. The zero-order chi connectivity index (χ0) is 7.44. The third-order valence-corrected chi connectivity index (χ3v) is 2.53. The van der Waals surface area contributed by atoms with E-state index in [9.17, 15) is 5.11 Å². The maximum Gasteiger partial charge on any atom is 0.0596 e. The molecular formula is C7H15BrO. The molecule has 2 atom stereocenters. The molecule has 0 aliphatic carbocycles. The lowest BCUT2D eigenvalue weighted by atomic mass is 9.97. The van der Waals surface area contributed by atoms with Gasteiger partial charge in [0, 0.05) is 5.33 Å². The first kappa shape index (κ1) is 9.44. The van der Waals surface area contributed by atoms with E-state index >= 15 is 0 Å². The number of aliphatic hydroxyl groups excluding tert-OH is 1. The first-order valence-electron chi connectivity index (χ1n) is 3.33. The van der Waals surface area contributed by atoms with E-state index in [1.165, 1.54) is 0 Å². The van der Waals surface area contributed by atoms with E-state index < -0.39 is 0 Å². The topological polar surface area (TPSA) is 20.2 Å². The second-order valence-electron chi connectivity index (χ2n) is 2.87. The van der Waals surface area contributed by atoms with E-state index in [2.05, 4.69) is 15.9 Å². The molecule has 0 aromatic heterocycles. The molecule has 0 amide bonds. The summed E-state index contributed by atoms with van der Waals surface area (Å²) in [6.07, 6.45) is -0.163. The monoisotopic (exact) mass is 194 g/mol. The molecule has 0 aromatic carbocycles. The molecule has 0 bridgehead atoms. The number of aliphatic hydroxyl groups is 1. The number of alkyl halides is 1. The van der Waals surface area contributed by atoms with Crippen LogP contribution in [0.1, 0.15) is 20.8 Å². The van der Waals surface area contributed by atoms with Crippen molar-refractivity contribution in [1.82, 2.24) is 0 Å². The van der Waals surface area contributed by atoms with Gasteiger partial charge in [0.25, 0.3) is 0 Å². The fourth-order valence-electron chi connectivity index (χ4n) is 0.748. The molecule has 0 saturated carbocycles. The third-order valence-electron chi connectivity index (χ3n) is 1.51. The van der Waals surface area contributed by atoms with Crippen molar-refractivity contribution in [2.75, 3.05) is 5.33 Å². The van der Waals surface area contributed by atoms with Crippen LogP contribution in [0.3, 0.4) is 0 Å². The van der Waals surface area contributed by atoms with Gasteiger partial charge in [-0.25, -0.2) is 0 Å². The number of hydrogen-bond donors (Lipinski definition) is 1. The van der Waals surface area contributed by atoms with Crippen LogP contribution in [-0.4, -0.2) is 16.5 Å². The highest BCUT2D eigenvalue weighted by atomic mass is 79.9. The predicted molar refractivity (Wildman–Crippen MR) is 43.8 cm³/mol. The smallest absolute Gasteiger partial charge is 0.0596 e. The van der Waals surface area contributed by atoms with Crippen molar-refractivity contribution in [3.8, 4) is 0 Å². The molecule has 56 valence electrons. The van der Waals surface area contributed by atoms with E-state index in [0.717, 1.165) is 5.33 Å². The fraction of sp³-hybridized carbons (Fsp3) is 1.00. The molecule has 1 N–H and O–H groups in total. The highest BCUT2D eigenvalue weighted by Crippen LogP contribution is 2.13. The van der Waals surface area contributed by atoms with Crippen LogP contribution < -0.4 is 0 Å². The lowest BCUT2D eigenvalue weighted by molar-refractivity contribution is 0.0825. The Hall–Kier alpha value is 0.440. The van der Waals surface area contributed by atoms with Crippen LogP contribution in [0, 0.1) is 11.8 Å². The van der Waals surface area contributed by atoms with Gasteiger partial charge in [0.2, 0.25) is 0 Å². The van der Waals surface area contributed by atoms with Crippen LogP contribution in [0.25, 0.3) is 0 Å². The molecule has 2 heteroatoms. The molecule has 0 spiro atoms. The second kappa shape index (κ2) is 4.29. The third kappa shape index (κ3) is 3.21. The Morgan fingerprint density at radius 1 is 1.33 bits per heavy atom. The van der Waals surface area contributed by atoms with Gasteiger partial charge < -0.3 is 5.11 Å². The second-order valence-corrected chi connectivity index (χ2v) is 3.51. The predicted octanol–water partition coefficient (Wildman–Crippen LogP) is 2.03. The fourth-order valence-corrected chi connectivity index (χ4v) is 1.13. The van der Waals surface area contributed by atoms with Gasteiger partial charge in [-0.1, -0.05) is 36.7 Å². The highest BCUT2D eigenvalue weighted by Gasteiger charge is 2.15. The molecule has 0 fully saturated rings. The molecule has 0 aromatic rings. The molecule has 0 radical (unpaired) electrons. The van der Waals surface area contributed by atoms with Gasteiger partial charge in [-0.2, -0.15) is 0 Å². The summed E-state index contributed by atoms with van der Waals surface area (Å²) in [7, 11) is 0. The Labute approximate surface area is 65.6 Å². The summed E-state index contributed by atoms with van der Waals surface area (Å²) in [6, 6.07) is 0. The van der Waals surface area contributed by atoms with Crippen LogP contribution in [-0.2, 0) is 0 Å². The molecule has 0 unspecified atom stereocenters. The number of hydrogen-bond acceptors (Lipinski definition) is 1. The summed E-state index contributed by atoms with van der Waals surface area (Å²) in [5.41, 5.74) is 0. The van der Waals surface area contributed by atoms with Crippen LogP contribution in [0.15, 0.2) is 0 Å². The quantitative estimate of drug-likeness (QED) is 0.683. The summed E-state index contributed by atoms with van der Waals surface area (Å²) in [4.78, 5) is 0. The van der Waals surface area contributed by atoms with E-state index in [4.69, 9.17) is 0 Å². The van der Waals surface area contributed by atoms with Crippen molar-refractivity contribution in [2.24, 2.45) is 11.8 Å². The van der Waals surface area contributed by atoms with Crippen molar-refractivity contribution in [2.45, 2.75) is 26.9 Å². The van der Waals surface area contributed by atoms with Crippen molar-refractivity contribution < 1.29 is 5.11 Å².